The number of hydrogen-bond donors (Lipinski definition) is 0. The summed E-state index contributed by atoms with van der Waals surface area (Å²) >= 11 is 11.4. The molecule has 0 unspecified atom stereocenters. The van der Waals surface area contributed by atoms with Gasteiger partial charge < -0.3 is 4.90 Å². The standard InChI is InChI=1S/C10H9Cl2N3O/c1-15(4-2-3-13)10(16)7-5-8(11)14-9(12)6-7/h5-6H,2,4H2,1H3. The van der Waals surface area contributed by atoms with Crippen molar-refractivity contribution in [3.05, 3.63) is 28.0 Å². The van der Waals surface area contributed by atoms with Crippen LogP contribution in [0.1, 0.15) is 16.8 Å². The number of halogens is 2. The van der Waals surface area contributed by atoms with Crippen molar-refractivity contribution in [2.24, 2.45) is 0 Å². The average Bonchev–Trinajstić information content (AvgIpc) is 2.23. The van der Waals surface area contributed by atoms with E-state index in [0.717, 1.165) is 0 Å². The van der Waals surface area contributed by atoms with Gasteiger partial charge in [0.25, 0.3) is 5.91 Å². The summed E-state index contributed by atoms with van der Waals surface area (Å²) in [5, 5.41) is 8.76. The predicted octanol–water partition coefficient (Wildman–Crippen LogP) is 2.37. The molecule has 16 heavy (non-hydrogen) atoms. The van der Waals surface area contributed by atoms with Gasteiger partial charge in [0.2, 0.25) is 0 Å². The van der Waals surface area contributed by atoms with E-state index in [0.29, 0.717) is 12.1 Å². The number of pyridine rings is 1. The van der Waals surface area contributed by atoms with Gasteiger partial charge in [-0.05, 0) is 12.1 Å². The summed E-state index contributed by atoms with van der Waals surface area (Å²) < 4.78 is 0. The summed E-state index contributed by atoms with van der Waals surface area (Å²) in [4.78, 5) is 17.0. The number of aromatic nitrogens is 1. The smallest absolute Gasteiger partial charge is 0.253 e. The van der Waals surface area contributed by atoms with Gasteiger partial charge in [0.05, 0.1) is 12.5 Å². The molecule has 0 bridgehead atoms. The van der Waals surface area contributed by atoms with E-state index in [4.69, 9.17) is 28.5 Å². The molecule has 1 aromatic heterocycles. The maximum Gasteiger partial charge on any atom is 0.253 e. The fraction of sp³-hybridized carbons (Fsp3) is 0.300. The Bertz CT molecular complexity index is 422. The molecule has 0 spiro atoms. The fourth-order valence-electron chi connectivity index (χ4n) is 1.13. The minimum Gasteiger partial charge on any atom is -0.341 e. The summed E-state index contributed by atoms with van der Waals surface area (Å²) in [6.07, 6.45) is 0.286. The van der Waals surface area contributed by atoms with Crippen molar-refractivity contribution in [1.82, 2.24) is 9.88 Å². The van der Waals surface area contributed by atoms with Crippen LogP contribution in [0.15, 0.2) is 12.1 Å². The molecule has 0 radical (unpaired) electrons. The molecule has 0 aliphatic heterocycles. The van der Waals surface area contributed by atoms with E-state index in [1.54, 1.807) is 7.05 Å². The molecule has 0 saturated carbocycles. The molecule has 1 heterocycles. The Morgan fingerprint density at radius 1 is 1.50 bits per heavy atom. The van der Waals surface area contributed by atoms with Gasteiger partial charge in [0.1, 0.15) is 10.3 Å². The number of hydrogen-bond acceptors (Lipinski definition) is 3. The second-order valence-corrected chi connectivity index (χ2v) is 3.91. The molecule has 84 valence electrons. The monoisotopic (exact) mass is 257 g/mol. The van der Waals surface area contributed by atoms with Crippen LogP contribution in [0.2, 0.25) is 10.3 Å². The zero-order chi connectivity index (χ0) is 12.1. The highest BCUT2D eigenvalue weighted by molar-refractivity contribution is 6.33. The molecule has 0 atom stereocenters. The molecule has 0 aromatic carbocycles. The lowest BCUT2D eigenvalue weighted by Crippen LogP contribution is -2.27. The maximum absolute atomic E-state index is 11.8. The normalized spacial score (nSPS) is 9.62. The highest BCUT2D eigenvalue weighted by atomic mass is 35.5. The third-order valence-corrected chi connectivity index (χ3v) is 2.30. The van der Waals surface area contributed by atoms with Gasteiger partial charge in [-0.3, -0.25) is 4.79 Å². The Labute approximate surface area is 103 Å². The fourth-order valence-corrected chi connectivity index (χ4v) is 1.59. The van der Waals surface area contributed by atoms with Crippen molar-refractivity contribution >= 4 is 29.1 Å². The van der Waals surface area contributed by atoms with Crippen LogP contribution in [0.5, 0.6) is 0 Å². The minimum absolute atomic E-state index is 0.171. The first kappa shape index (κ1) is 12.8. The second-order valence-electron chi connectivity index (χ2n) is 3.14. The van der Waals surface area contributed by atoms with E-state index in [1.807, 2.05) is 6.07 Å². The lowest BCUT2D eigenvalue weighted by Gasteiger charge is -2.15. The number of carbonyl (C=O) groups excluding carboxylic acids is 1. The Morgan fingerprint density at radius 2 is 2.06 bits per heavy atom. The number of nitrogens with zero attached hydrogens (tertiary/aromatic N) is 3. The summed E-state index contributed by atoms with van der Waals surface area (Å²) in [7, 11) is 1.61. The summed E-state index contributed by atoms with van der Waals surface area (Å²) in [6.45, 7) is 0.368. The number of amides is 1. The van der Waals surface area contributed by atoms with Crippen molar-refractivity contribution in [3.8, 4) is 6.07 Å². The van der Waals surface area contributed by atoms with Crippen molar-refractivity contribution in [3.63, 3.8) is 0 Å². The minimum atomic E-state index is -0.235. The first-order valence-electron chi connectivity index (χ1n) is 4.50. The zero-order valence-electron chi connectivity index (χ0n) is 8.57. The molecule has 0 aliphatic carbocycles. The van der Waals surface area contributed by atoms with E-state index < -0.39 is 0 Å². The van der Waals surface area contributed by atoms with E-state index in [-0.39, 0.29) is 22.6 Å². The van der Waals surface area contributed by atoms with Gasteiger partial charge in [-0.15, -0.1) is 0 Å². The van der Waals surface area contributed by atoms with Crippen LogP contribution in [0.25, 0.3) is 0 Å². The first-order chi connectivity index (χ1) is 7.54. The predicted molar refractivity (Wildman–Crippen MR) is 61.4 cm³/mol. The number of rotatable bonds is 3. The zero-order valence-corrected chi connectivity index (χ0v) is 10.1. The third-order valence-electron chi connectivity index (χ3n) is 1.92. The molecule has 1 aromatic rings. The quantitative estimate of drug-likeness (QED) is 0.782. The van der Waals surface area contributed by atoms with Gasteiger partial charge in [0, 0.05) is 19.2 Å². The van der Waals surface area contributed by atoms with Crippen LogP contribution in [0.3, 0.4) is 0 Å². The number of nitriles is 1. The third kappa shape index (κ3) is 3.37. The molecule has 1 amide bonds. The van der Waals surface area contributed by atoms with E-state index in [1.165, 1.54) is 17.0 Å². The van der Waals surface area contributed by atoms with Crippen LogP contribution >= 0.6 is 23.2 Å². The van der Waals surface area contributed by atoms with Crippen molar-refractivity contribution < 1.29 is 4.79 Å². The maximum atomic E-state index is 11.8. The van der Waals surface area contributed by atoms with Crippen molar-refractivity contribution in [2.45, 2.75) is 6.42 Å². The SMILES string of the molecule is CN(CCC#N)C(=O)c1cc(Cl)nc(Cl)c1. The van der Waals surface area contributed by atoms with Crippen molar-refractivity contribution in [2.75, 3.05) is 13.6 Å². The van der Waals surface area contributed by atoms with Crippen molar-refractivity contribution in [1.29, 1.82) is 5.26 Å². The Balaban J connectivity index is 2.84. The van der Waals surface area contributed by atoms with Gasteiger partial charge in [-0.1, -0.05) is 23.2 Å². The van der Waals surface area contributed by atoms with Gasteiger partial charge >= 0.3 is 0 Å². The number of carbonyl (C=O) groups is 1. The van der Waals surface area contributed by atoms with E-state index >= 15 is 0 Å². The lowest BCUT2D eigenvalue weighted by molar-refractivity contribution is 0.0798. The summed E-state index contributed by atoms with van der Waals surface area (Å²) in [5.74, 6) is -0.235. The Hall–Kier alpha value is -1.31. The highest BCUT2D eigenvalue weighted by Crippen LogP contribution is 2.15. The molecular formula is C10H9Cl2N3O. The largest absolute Gasteiger partial charge is 0.341 e. The van der Waals surface area contributed by atoms with Crippen LogP contribution in [0.4, 0.5) is 0 Å². The molecule has 6 heteroatoms. The average molecular weight is 258 g/mol. The molecule has 4 nitrogen and oxygen atoms in total. The van der Waals surface area contributed by atoms with Gasteiger partial charge in [-0.2, -0.15) is 5.26 Å². The van der Waals surface area contributed by atoms with Crippen LogP contribution in [0, 0.1) is 11.3 Å². The molecular weight excluding hydrogens is 249 g/mol. The topological polar surface area (TPSA) is 57.0 Å². The molecule has 0 aliphatic rings. The Morgan fingerprint density at radius 3 is 2.56 bits per heavy atom. The van der Waals surface area contributed by atoms with E-state index in [9.17, 15) is 4.79 Å². The molecule has 0 fully saturated rings. The summed E-state index contributed by atoms with van der Waals surface area (Å²) in [6, 6.07) is 4.86. The highest BCUT2D eigenvalue weighted by Gasteiger charge is 2.13. The van der Waals surface area contributed by atoms with Crippen LogP contribution < -0.4 is 0 Å². The van der Waals surface area contributed by atoms with Gasteiger partial charge in [0.15, 0.2) is 0 Å². The van der Waals surface area contributed by atoms with Crippen LogP contribution in [-0.2, 0) is 0 Å². The Kier molecular flexibility index (Phi) is 4.53. The lowest BCUT2D eigenvalue weighted by atomic mass is 10.2. The molecule has 1 rings (SSSR count). The van der Waals surface area contributed by atoms with E-state index in [2.05, 4.69) is 4.98 Å². The summed E-state index contributed by atoms with van der Waals surface area (Å²) in [5.41, 5.74) is 0.366. The van der Waals surface area contributed by atoms with Gasteiger partial charge in [-0.25, -0.2) is 4.98 Å². The van der Waals surface area contributed by atoms with Crippen LogP contribution in [-0.4, -0.2) is 29.4 Å². The molecule has 0 saturated heterocycles. The first-order valence-corrected chi connectivity index (χ1v) is 5.25. The molecule has 0 N–H and O–H groups in total. The second kappa shape index (κ2) is 5.69.